The van der Waals surface area contributed by atoms with E-state index in [4.69, 9.17) is 0 Å². The van der Waals surface area contributed by atoms with Gasteiger partial charge in [-0.25, -0.2) is 4.79 Å². The molecule has 3 fully saturated rings. The van der Waals surface area contributed by atoms with Gasteiger partial charge in [0.15, 0.2) is 0 Å². The molecule has 26 heavy (non-hydrogen) atoms. The molecule has 7 nitrogen and oxygen atoms in total. The number of urea groups is 1. The van der Waals surface area contributed by atoms with Crippen molar-refractivity contribution in [3.63, 3.8) is 0 Å². The zero-order valence-corrected chi connectivity index (χ0v) is 16.1. The van der Waals surface area contributed by atoms with Crippen molar-refractivity contribution in [1.82, 2.24) is 29.5 Å². The van der Waals surface area contributed by atoms with Gasteiger partial charge >= 0.3 is 6.03 Å². The van der Waals surface area contributed by atoms with E-state index in [0.29, 0.717) is 5.92 Å². The fourth-order valence-corrected chi connectivity index (χ4v) is 4.66. The standard InChI is InChI=1S/C19H32N6O/c1-22-17(15-23-9-3-2-4-10-23)20-21-18(22)16-8-7-13-25(14-16)19(26)24-11-5-6-12-24/h16H,2-15H2,1H3/t16-/m1/s1. The average Bonchev–Trinajstić information content (AvgIpc) is 3.33. The number of hydrogen-bond donors (Lipinski definition) is 0. The lowest BCUT2D eigenvalue weighted by Crippen LogP contribution is -2.46. The normalized spacial score (nSPS) is 25.0. The molecule has 4 heterocycles. The highest BCUT2D eigenvalue weighted by Gasteiger charge is 2.31. The van der Waals surface area contributed by atoms with Crippen LogP contribution in [-0.2, 0) is 13.6 Å². The van der Waals surface area contributed by atoms with Crippen molar-refractivity contribution in [3.8, 4) is 0 Å². The van der Waals surface area contributed by atoms with E-state index in [1.54, 1.807) is 0 Å². The Labute approximate surface area is 156 Å². The fraction of sp³-hybridized carbons (Fsp3) is 0.842. The topological polar surface area (TPSA) is 57.5 Å². The summed E-state index contributed by atoms with van der Waals surface area (Å²) in [6, 6.07) is 0.225. The molecule has 1 aromatic heterocycles. The van der Waals surface area contributed by atoms with Gasteiger partial charge in [0.2, 0.25) is 0 Å². The monoisotopic (exact) mass is 360 g/mol. The highest BCUT2D eigenvalue weighted by Crippen LogP contribution is 2.27. The number of carbonyl (C=O) groups is 1. The Kier molecular flexibility index (Phi) is 5.43. The summed E-state index contributed by atoms with van der Waals surface area (Å²) >= 11 is 0. The molecule has 0 saturated carbocycles. The van der Waals surface area contributed by atoms with E-state index < -0.39 is 0 Å². The first-order valence-corrected chi connectivity index (χ1v) is 10.4. The third-order valence-corrected chi connectivity index (χ3v) is 6.25. The lowest BCUT2D eigenvalue weighted by molar-refractivity contribution is 0.145. The van der Waals surface area contributed by atoms with Crippen LogP contribution in [0.2, 0.25) is 0 Å². The molecule has 3 saturated heterocycles. The van der Waals surface area contributed by atoms with Gasteiger partial charge in [0, 0.05) is 39.1 Å². The smallest absolute Gasteiger partial charge is 0.320 e. The van der Waals surface area contributed by atoms with Crippen LogP contribution in [0, 0.1) is 0 Å². The van der Waals surface area contributed by atoms with Gasteiger partial charge in [-0.15, -0.1) is 10.2 Å². The van der Waals surface area contributed by atoms with Gasteiger partial charge in [-0.1, -0.05) is 6.42 Å². The Balaban J connectivity index is 1.41. The molecule has 2 amide bonds. The van der Waals surface area contributed by atoms with Crippen LogP contribution in [0.3, 0.4) is 0 Å². The maximum Gasteiger partial charge on any atom is 0.320 e. The number of amides is 2. The number of rotatable bonds is 3. The van der Waals surface area contributed by atoms with Crippen LogP contribution >= 0.6 is 0 Å². The van der Waals surface area contributed by atoms with Gasteiger partial charge < -0.3 is 14.4 Å². The van der Waals surface area contributed by atoms with Crippen molar-refractivity contribution in [1.29, 1.82) is 0 Å². The highest BCUT2D eigenvalue weighted by molar-refractivity contribution is 5.74. The van der Waals surface area contributed by atoms with E-state index in [-0.39, 0.29) is 6.03 Å². The molecule has 0 spiro atoms. The predicted octanol–water partition coefficient (Wildman–Crippen LogP) is 2.20. The Hall–Kier alpha value is -1.63. The summed E-state index contributed by atoms with van der Waals surface area (Å²) in [5.41, 5.74) is 0. The Morgan fingerprint density at radius 2 is 1.62 bits per heavy atom. The second-order valence-electron chi connectivity index (χ2n) is 8.13. The summed E-state index contributed by atoms with van der Waals surface area (Å²) < 4.78 is 2.18. The lowest BCUT2D eigenvalue weighted by atomic mass is 9.97. The van der Waals surface area contributed by atoms with Crippen molar-refractivity contribution >= 4 is 6.03 Å². The molecular formula is C19H32N6O. The van der Waals surface area contributed by atoms with E-state index in [2.05, 4.69) is 26.7 Å². The van der Waals surface area contributed by atoms with Crippen LogP contribution in [0.1, 0.15) is 62.5 Å². The van der Waals surface area contributed by atoms with Crippen LogP contribution in [-0.4, -0.2) is 74.8 Å². The van der Waals surface area contributed by atoms with Crippen molar-refractivity contribution in [2.45, 2.75) is 57.4 Å². The molecule has 0 aromatic carbocycles. The van der Waals surface area contributed by atoms with Gasteiger partial charge in [-0.2, -0.15) is 0 Å². The summed E-state index contributed by atoms with van der Waals surface area (Å²) in [5, 5.41) is 9.02. The maximum atomic E-state index is 12.7. The van der Waals surface area contributed by atoms with Crippen LogP contribution in [0.4, 0.5) is 4.79 Å². The number of likely N-dealkylation sites (tertiary alicyclic amines) is 3. The van der Waals surface area contributed by atoms with Crippen LogP contribution in [0.5, 0.6) is 0 Å². The Bertz CT molecular complexity index is 618. The Morgan fingerprint density at radius 3 is 2.38 bits per heavy atom. The van der Waals surface area contributed by atoms with Gasteiger partial charge in [0.1, 0.15) is 11.6 Å². The van der Waals surface area contributed by atoms with Crippen LogP contribution < -0.4 is 0 Å². The van der Waals surface area contributed by atoms with E-state index in [1.807, 2.05) is 9.80 Å². The number of carbonyl (C=O) groups excluding carboxylic acids is 1. The summed E-state index contributed by atoms with van der Waals surface area (Å²) in [7, 11) is 2.09. The molecule has 0 aliphatic carbocycles. The fourth-order valence-electron chi connectivity index (χ4n) is 4.66. The molecular weight excluding hydrogens is 328 g/mol. The van der Waals surface area contributed by atoms with Crippen LogP contribution in [0.15, 0.2) is 0 Å². The minimum absolute atomic E-state index is 0.225. The average molecular weight is 361 g/mol. The molecule has 144 valence electrons. The minimum atomic E-state index is 0.225. The molecule has 1 atom stereocenters. The second kappa shape index (κ2) is 7.94. The molecule has 1 aromatic rings. The molecule has 3 aliphatic rings. The van der Waals surface area contributed by atoms with Gasteiger partial charge in [0.25, 0.3) is 0 Å². The summed E-state index contributed by atoms with van der Waals surface area (Å²) in [6.45, 7) is 6.74. The molecule has 7 heteroatoms. The molecule has 3 aliphatic heterocycles. The molecule has 0 bridgehead atoms. The summed E-state index contributed by atoms with van der Waals surface area (Å²) in [4.78, 5) is 19.3. The molecule has 4 rings (SSSR count). The number of hydrogen-bond acceptors (Lipinski definition) is 4. The zero-order chi connectivity index (χ0) is 17.9. The number of nitrogens with zero attached hydrogens (tertiary/aromatic N) is 6. The van der Waals surface area contributed by atoms with Crippen LogP contribution in [0.25, 0.3) is 0 Å². The molecule has 0 radical (unpaired) electrons. The first-order chi connectivity index (χ1) is 12.7. The summed E-state index contributed by atoms with van der Waals surface area (Å²) in [5.74, 6) is 2.42. The van der Waals surface area contributed by atoms with E-state index in [0.717, 1.165) is 70.1 Å². The van der Waals surface area contributed by atoms with Gasteiger partial charge in [-0.05, 0) is 51.6 Å². The third-order valence-electron chi connectivity index (χ3n) is 6.25. The highest BCUT2D eigenvalue weighted by atomic mass is 16.2. The van der Waals surface area contributed by atoms with Crippen molar-refractivity contribution in [2.24, 2.45) is 7.05 Å². The van der Waals surface area contributed by atoms with Gasteiger partial charge in [0.05, 0.1) is 6.54 Å². The summed E-state index contributed by atoms with van der Waals surface area (Å²) in [6.07, 6.45) is 8.38. The predicted molar refractivity (Wildman–Crippen MR) is 99.9 cm³/mol. The number of piperidine rings is 2. The SMILES string of the molecule is Cn1c(CN2CCCCC2)nnc1[C@@H]1CCCN(C(=O)N2CCCC2)C1. The lowest BCUT2D eigenvalue weighted by Gasteiger charge is -2.34. The van der Waals surface area contributed by atoms with Crippen molar-refractivity contribution < 1.29 is 4.79 Å². The van der Waals surface area contributed by atoms with E-state index in [9.17, 15) is 4.79 Å². The van der Waals surface area contributed by atoms with Crippen molar-refractivity contribution in [2.75, 3.05) is 39.3 Å². The maximum absolute atomic E-state index is 12.7. The van der Waals surface area contributed by atoms with Gasteiger partial charge in [-0.3, -0.25) is 4.90 Å². The molecule has 0 N–H and O–H groups in total. The van der Waals surface area contributed by atoms with E-state index >= 15 is 0 Å². The Morgan fingerprint density at radius 1 is 0.923 bits per heavy atom. The molecule has 0 unspecified atom stereocenters. The first kappa shape index (κ1) is 17.8. The first-order valence-electron chi connectivity index (χ1n) is 10.4. The van der Waals surface area contributed by atoms with Crippen molar-refractivity contribution in [3.05, 3.63) is 11.6 Å². The zero-order valence-electron chi connectivity index (χ0n) is 16.1. The third kappa shape index (κ3) is 3.72. The van der Waals surface area contributed by atoms with E-state index in [1.165, 1.54) is 32.4 Å². The second-order valence-corrected chi connectivity index (χ2v) is 8.13. The minimum Gasteiger partial charge on any atom is -0.325 e. The number of aromatic nitrogens is 3. The quantitative estimate of drug-likeness (QED) is 0.829. The largest absolute Gasteiger partial charge is 0.325 e.